The summed E-state index contributed by atoms with van der Waals surface area (Å²) >= 11 is 0. The largest absolute Gasteiger partial charge is 0.344 e. The fraction of sp³-hybridized carbons (Fsp3) is 0.688. The molecule has 0 aliphatic carbocycles. The molecule has 2 fully saturated rings. The minimum Gasteiger partial charge on any atom is -0.344 e. The Morgan fingerprint density at radius 3 is 2.29 bits per heavy atom. The minimum atomic E-state index is 0. The van der Waals surface area contributed by atoms with Crippen LogP contribution < -0.4 is 5.32 Å². The van der Waals surface area contributed by atoms with E-state index in [1.165, 1.54) is 25.7 Å². The van der Waals surface area contributed by atoms with Crippen LogP contribution in [0.3, 0.4) is 0 Å². The van der Waals surface area contributed by atoms with Crippen molar-refractivity contribution in [3.8, 4) is 0 Å². The van der Waals surface area contributed by atoms with Crippen molar-refractivity contribution >= 4 is 18.3 Å². The number of hydrogen-bond acceptors (Lipinski definition) is 2. The number of piperidine rings is 2. The van der Waals surface area contributed by atoms with Gasteiger partial charge in [0.2, 0.25) is 0 Å². The number of carbonyl (C=O) groups is 1. The molecule has 2 aliphatic heterocycles. The Balaban J connectivity index is 0.00000161. The summed E-state index contributed by atoms with van der Waals surface area (Å²) in [5.74, 6) is 0.199. The van der Waals surface area contributed by atoms with Crippen molar-refractivity contribution in [2.24, 2.45) is 12.5 Å². The number of carbonyl (C=O) groups excluding carboxylic acids is 1. The Kier molecular flexibility index (Phi) is 4.99. The average molecular weight is 312 g/mol. The molecule has 0 bridgehead atoms. The van der Waals surface area contributed by atoms with Crippen LogP contribution in [0.1, 0.15) is 41.9 Å². The molecule has 2 saturated heterocycles. The summed E-state index contributed by atoms with van der Waals surface area (Å²) in [7, 11) is 1.97. The van der Waals surface area contributed by atoms with Crippen molar-refractivity contribution in [2.75, 3.05) is 26.2 Å². The van der Waals surface area contributed by atoms with Gasteiger partial charge in [0, 0.05) is 25.8 Å². The maximum Gasteiger partial charge on any atom is 0.270 e. The summed E-state index contributed by atoms with van der Waals surface area (Å²) in [6, 6.07) is 3.97. The Bertz CT molecular complexity index is 496. The van der Waals surface area contributed by atoms with E-state index >= 15 is 0 Å². The second kappa shape index (κ2) is 6.41. The smallest absolute Gasteiger partial charge is 0.270 e. The van der Waals surface area contributed by atoms with E-state index in [-0.39, 0.29) is 18.3 Å². The fourth-order valence-electron chi connectivity index (χ4n) is 3.63. The van der Waals surface area contributed by atoms with E-state index in [1.54, 1.807) is 0 Å². The van der Waals surface area contributed by atoms with Crippen LogP contribution in [0.2, 0.25) is 0 Å². The number of halogens is 1. The van der Waals surface area contributed by atoms with Gasteiger partial charge >= 0.3 is 0 Å². The van der Waals surface area contributed by atoms with E-state index in [0.29, 0.717) is 5.41 Å². The molecule has 0 radical (unpaired) electrons. The highest BCUT2D eigenvalue weighted by Gasteiger charge is 2.37. The van der Waals surface area contributed by atoms with E-state index in [2.05, 4.69) is 5.32 Å². The van der Waals surface area contributed by atoms with E-state index in [1.807, 2.05) is 35.6 Å². The van der Waals surface area contributed by atoms with Crippen molar-refractivity contribution in [1.82, 2.24) is 14.8 Å². The number of rotatable bonds is 1. The van der Waals surface area contributed by atoms with E-state index in [9.17, 15) is 4.79 Å². The second-order valence-corrected chi connectivity index (χ2v) is 6.46. The molecule has 4 nitrogen and oxygen atoms in total. The number of likely N-dealkylation sites (tertiary alicyclic amines) is 1. The number of nitrogens with zero attached hydrogens (tertiary/aromatic N) is 2. The third-order valence-electron chi connectivity index (χ3n) is 5.37. The van der Waals surface area contributed by atoms with E-state index < -0.39 is 0 Å². The molecule has 1 amide bonds. The summed E-state index contributed by atoms with van der Waals surface area (Å²) in [5.41, 5.74) is 2.47. The lowest BCUT2D eigenvalue weighted by Crippen LogP contribution is -2.47. The highest BCUT2D eigenvalue weighted by atomic mass is 35.5. The Hall–Kier alpha value is -1.00. The van der Waals surface area contributed by atoms with Crippen molar-refractivity contribution in [3.05, 3.63) is 23.5 Å². The lowest BCUT2D eigenvalue weighted by molar-refractivity contribution is 0.0487. The van der Waals surface area contributed by atoms with Crippen molar-refractivity contribution in [3.63, 3.8) is 0 Å². The first-order chi connectivity index (χ1) is 9.61. The Morgan fingerprint density at radius 2 is 1.76 bits per heavy atom. The van der Waals surface area contributed by atoms with Gasteiger partial charge in [0.25, 0.3) is 5.91 Å². The first kappa shape index (κ1) is 16.4. The van der Waals surface area contributed by atoms with E-state index in [4.69, 9.17) is 0 Å². The van der Waals surface area contributed by atoms with Crippen molar-refractivity contribution in [1.29, 1.82) is 0 Å². The second-order valence-electron chi connectivity index (χ2n) is 6.46. The molecule has 5 heteroatoms. The molecule has 0 unspecified atom stereocenters. The Morgan fingerprint density at radius 1 is 1.14 bits per heavy atom. The van der Waals surface area contributed by atoms with Crippen LogP contribution in [0.25, 0.3) is 0 Å². The minimum absolute atomic E-state index is 0. The molecular weight excluding hydrogens is 286 g/mol. The molecule has 21 heavy (non-hydrogen) atoms. The number of hydrogen-bond donors (Lipinski definition) is 1. The van der Waals surface area contributed by atoms with Crippen LogP contribution in [0, 0.1) is 12.3 Å². The molecule has 0 aromatic carbocycles. The third kappa shape index (κ3) is 3.11. The molecule has 0 atom stereocenters. The molecule has 1 aromatic heterocycles. The van der Waals surface area contributed by atoms with Crippen molar-refractivity contribution < 1.29 is 4.79 Å². The van der Waals surface area contributed by atoms with Crippen LogP contribution in [0.4, 0.5) is 0 Å². The average Bonchev–Trinajstić information content (AvgIpc) is 2.80. The predicted octanol–water partition coefficient (Wildman–Crippen LogP) is 2.36. The summed E-state index contributed by atoms with van der Waals surface area (Å²) in [6.07, 6.45) is 4.89. The van der Waals surface area contributed by atoms with Gasteiger partial charge in [0.15, 0.2) is 0 Å². The van der Waals surface area contributed by atoms with Crippen LogP contribution >= 0.6 is 12.4 Å². The number of nitrogens with one attached hydrogen (secondary N) is 1. The van der Waals surface area contributed by atoms with Gasteiger partial charge in [-0.1, -0.05) is 0 Å². The number of amides is 1. The Labute approximate surface area is 133 Å². The molecule has 3 heterocycles. The highest BCUT2D eigenvalue weighted by molar-refractivity contribution is 5.93. The molecule has 2 aliphatic rings. The van der Waals surface area contributed by atoms with Crippen LogP contribution in [0.15, 0.2) is 12.1 Å². The van der Waals surface area contributed by atoms with Gasteiger partial charge in [0.1, 0.15) is 5.69 Å². The van der Waals surface area contributed by atoms with E-state index in [0.717, 1.165) is 37.6 Å². The standard InChI is InChI=1S/C16H25N3O.ClH/c1-13-3-4-14(18(13)2)15(20)19-11-7-16(8-12-19)5-9-17-10-6-16;/h3-4,17H,5-12H2,1-2H3;1H. The van der Waals surface area contributed by atoms with Gasteiger partial charge < -0.3 is 14.8 Å². The zero-order chi connectivity index (χ0) is 14.2. The monoisotopic (exact) mass is 311 g/mol. The predicted molar refractivity (Wildman–Crippen MR) is 87.1 cm³/mol. The van der Waals surface area contributed by atoms with Gasteiger partial charge in [-0.3, -0.25) is 4.79 Å². The molecule has 0 saturated carbocycles. The third-order valence-corrected chi connectivity index (χ3v) is 5.37. The van der Waals surface area contributed by atoms with Crippen molar-refractivity contribution in [2.45, 2.75) is 32.6 Å². The highest BCUT2D eigenvalue weighted by Crippen LogP contribution is 2.39. The summed E-state index contributed by atoms with van der Waals surface area (Å²) in [5, 5.41) is 3.44. The van der Waals surface area contributed by atoms with Gasteiger partial charge in [0.05, 0.1) is 0 Å². The maximum atomic E-state index is 12.6. The maximum absolute atomic E-state index is 12.6. The molecule has 1 N–H and O–H groups in total. The SMILES string of the molecule is Cc1ccc(C(=O)N2CCC3(CCNCC3)CC2)n1C.Cl. The van der Waals surface area contributed by atoms with Crippen LogP contribution in [-0.2, 0) is 7.05 Å². The first-order valence-corrected chi connectivity index (χ1v) is 7.74. The lowest BCUT2D eigenvalue weighted by atomic mass is 9.71. The van der Waals surface area contributed by atoms with Gasteiger partial charge in [-0.2, -0.15) is 0 Å². The van der Waals surface area contributed by atoms with Gasteiger partial charge in [-0.05, 0) is 63.2 Å². The summed E-state index contributed by atoms with van der Waals surface area (Å²) in [6.45, 7) is 6.17. The summed E-state index contributed by atoms with van der Waals surface area (Å²) in [4.78, 5) is 14.6. The number of aryl methyl sites for hydroxylation is 1. The molecule has 3 rings (SSSR count). The lowest BCUT2D eigenvalue weighted by Gasteiger charge is -2.44. The quantitative estimate of drug-likeness (QED) is 0.864. The van der Waals surface area contributed by atoms with Gasteiger partial charge in [-0.15, -0.1) is 12.4 Å². The zero-order valence-corrected chi connectivity index (χ0v) is 13.8. The van der Waals surface area contributed by atoms with Gasteiger partial charge in [-0.25, -0.2) is 0 Å². The molecule has 1 spiro atoms. The fourth-order valence-corrected chi connectivity index (χ4v) is 3.63. The normalized spacial score (nSPS) is 21.1. The first-order valence-electron chi connectivity index (χ1n) is 7.74. The number of aromatic nitrogens is 1. The van der Waals surface area contributed by atoms with Crippen LogP contribution in [0.5, 0.6) is 0 Å². The molecular formula is C16H26ClN3O. The summed E-state index contributed by atoms with van der Waals surface area (Å²) < 4.78 is 2.00. The zero-order valence-electron chi connectivity index (χ0n) is 13.0. The molecule has 118 valence electrons. The molecule has 1 aromatic rings. The van der Waals surface area contributed by atoms with Crippen LogP contribution in [-0.4, -0.2) is 41.6 Å². The topological polar surface area (TPSA) is 37.3 Å².